The molecule has 0 unspecified atom stereocenters. The fourth-order valence-corrected chi connectivity index (χ4v) is 1.58. The molecule has 2 N–H and O–H groups in total. The van der Waals surface area contributed by atoms with Gasteiger partial charge in [-0.15, -0.1) is 0 Å². The van der Waals surface area contributed by atoms with Crippen molar-refractivity contribution in [2.75, 3.05) is 19.4 Å². The van der Waals surface area contributed by atoms with Gasteiger partial charge in [0.2, 0.25) is 0 Å². The van der Waals surface area contributed by atoms with Gasteiger partial charge in [0.25, 0.3) is 0 Å². The van der Waals surface area contributed by atoms with Crippen molar-refractivity contribution in [1.29, 1.82) is 0 Å². The Morgan fingerprint density at radius 3 is 2.86 bits per heavy atom. The van der Waals surface area contributed by atoms with Crippen LogP contribution in [0.25, 0.3) is 0 Å². The number of nitrogens with zero attached hydrogens (tertiary/aromatic N) is 1. The summed E-state index contributed by atoms with van der Waals surface area (Å²) in [7, 11) is 1.71. The Labute approximate surface area is 92.1 Å². The van der Waals surface area contributed by atoms with Crippen LogP contribution in [0, 0.1) is 0 Å². The van der Waals surface area contributed by atoms with Crippen LogP contribution in [0.2, 0.25) is 0 Å². The van der Waals surface area contributed by atoms with Crippen molar-refractivity contribution >= 4 is 27.8 Å². The monoisotopic (exact) mass is 256 g/mol. The molecule has 0 radical (unpaired) electrons. The Morgan fingerprint density at radius 1 is 1.57 bits per heavy atom. The van der Waals surface area contributed by atoms with E-state index in [1.807, 2.05) is 13.0 Å². The maximum Gasteiger partial charge on any atom is 0.135 e. The molecule has 1 aromatic rings. The van der Waals surface area contributed by atoms with Gasteiger partial charge in [0.15, 0.2) is 0 Å². The Hall–Kier alpha value is -1.03. The van der Waals surface area contributed by atoms with Crippen molar-refractivity contribution in [2.45, 2.75) is 6.92 Å². The van der Waals surface area contributed by atoms with Crippen LogP contribution in [0.15, 0.2) is 21.6 Å². The molecule has 3 nitrogen and oxygen atoms in total. The van der Waals surface area contributed by atoms with E-state index in [0.29, 0.717) is 12.3 Å². The minimum atomic E-state index is 0.624. The largest absolute Gasteiger partial charge is 0.493 e. The maximum absolute atomic E-state index is 5.81. The summed E-state index contributed by atoms with van der Waals surface area (Å²) in [5.74, 6) is 0.762. The lowest BCUT2D eigenvalue weighted by Crippen LogP contribution is -1.98. The zero-order valence-corrected chi connectivity index (χ0v) is 9.84. The van der Waals surface area contributed by atoms with Gasteiger partial charge in [0, 0.05) is 30.6 Å². The van der Waals surface area contributed by atoms with E-state index in [9.17, 15) is 0 Å². The number of nitrogens with two attached hydrogens (primary N) is 1. The predicted octanol–water partition coefficient (Wildman–Crippen LogP) is 2.48. The minimum Gasteiger partial charge on any atom is -0.493 e. The molecular weight excluding hydrogens is 244 g/mol. The maximum atomic E-state index is 5.81. The topological polar surface area (TPSA) is 47.6 Å². The van der Waals surface area contributed by atoms with Gasteiger partial charge in [-0.25, -0.2) is 0 Å². The molecule has 0 fully saturated rings. The quantitative estimate of drug-likeness (QED) is 0.668. The summed E-state index contributed by atoms with van der Waals surface area (Å²) in [4.78, 5) is 3.92. The summed E-state index contributed by atoms with van der Waals surface area (Å²) < 4.78 is 6.27. The normalized spacial score (nSPS) is 10.8. The van der Waals surface area contributed by atoms with Crippen LogP contribution in [-0.4, -0.2) is 19.9 Å². The molecule has 1 aromatic carbocycles. The van der Waals surface area contributed by atoms with Crippen molar-refractivity contribution < 1.29 is 4.74 Å². The fourth-order valence-electron chi connectivity index (χ4n) is 1.10. The van der Waals surface area contributed by atoms with Crippen molar-refractivity contribution in [3.63, 3.8) is 0 Å². The molecule has 0 amide bonds. The summed E-state index contributed by atoms with van der Waals surface area (Å²) in [5, 5.41) is 0. The van der Waals surface area contributed by atoms with E-state index in [2.05, 4.69) is 20.9 Å². The molecule has 14 heavy (non-hydrogen) atoms. The van der Waals surface area contributed by atoms with Crippen LogP contribution in [0.1, 0.15) is 12.5 Å². The molecular formula is C10H13BrN2O. The number of hydrogen-bond acceptors (Lipinski definition) is 3. The van der Waals surface area contributed by atoms with E-state index in [4.69, 9.17) is 10.5 Å². The standard InChI is InChI=1S/C10H13BrN2O/c1-3-14-10-5-9(12)7(6-13-2)4-8(10)11/h4-6H,3,12H2,1-2H3. The number of aliphatic imine (C=N–C) groups is 1. The third-order valence-electron chi connectivity index (χ3n) is 1.71. The van der Waals surface area contributed by atoms with Gasteiger partial charge < -0.3 is 10.5 Å². The number of rotatable bonds is 3. The molecule has 76 valence electrons. The Kier molecular flexibility index (Phi) is 3.95. The number of hydrogen-bond donors (Lipinski definition) is 1. The van der Waals surface area contributed by atoms with Crippen molar-refractivity contribution in [1.82, 2.24) is 0 Å². The van der Waals surface area contributed by atoms with Crippen molar-refractivity contribution in [3.8, 4) is 5.75 Å². The average Bonchev–Trinajstić information content (AvgIpc) is 2.14. The van der Waals surface area contributed by atoms with Crippen molar-refractivity contribution in [2.24, 2.45) is 4.99 Å². The molecule has 0 atom stereocenters. The lowest BCUT2D eigenvalue weighted by Gasteiger charge is -2.08. The highest BCUT2D eigenvalue weighted by atomic mass is 79.9. The number of ether oxygens (including phenoxy) is 1. The average molecular weight is 257 g/mol. The molecule has 0 aliphatic heterocycles. The molecule has 4 heteroatoms. The molecule has 0 aliphatic rings. The fraction of sp³-hybridized carbons (Fsp3) is 0.300. The van der Waals surface area contributed by atoms with Gasteiger partial charge in [0.1, 0.15) is 5.75 Å². The minimum absolute atomic E-state index is 0.624. The van der Waals surface area contributed by atoms with Crippen molar-refractivity contribution in [3.05, 3.63) is 22.2 Å². The second-order valence-corrected chi connectivity index (χ2v) is 3.59. The number of benzene rings is 1. The molecule has 0 aliphatic carbocycles. The second kappa shape index (κ2) is 5.00. The van der Waals surface area contributed by atoms with Gasteiger partial charge in [-0.1, -0.05) is 0 Å². The number of anilines is 1. The molecule has 0 saturated heterocycles. The highest BCUT2D eigenvalue weighted by molar-refractivity contribution is 9.10. The van der Waals surface area contributed by atoms with Gasteiger partial charge in [-0.2, -0.15) is 0 Å². The summed E-state index contributed by atoms with van der Waals surface area (Å²) in [6.45, 7) is 2.56. The summed E-state index contributed by atoms with van der Waals surface area (Å²) in [6, 6.07) is 3.69. The van der Waals surface area contributed by atoms with Crippen LogP contribution in [-0.2, 0) is 0 Å². The predicted molar refractivity (Wildman–Crippen MR) is 63.2 cm³/mol. The van der Waals surface area contributed by atoms with Gasteiger partial charge in [-0.3, -0.25) is 4.99 Å². The molecule has 0 heterocycles. The van der Waals surface area contributed by atoms with E-state index in [1.165, 1.54) is 0 Å². The lowest BCUT2D eigenvalue weighted by molar-refractivity contribution is 0.338. The van der Waals surface area contributed by atoms with Crippen LogP contribution in [0.3, 0.4) is 0 Å². The number of halogens is 1. The molecule has 0 spiro atoms. The second-order valence-electron chi connectivity index (χ2n) is 2.73. The molecule has 0 bridgehead atoms. The van der Waals surface area contributed by atoms with E-state index >= 15 is 0 Å². The van der Waals surface area contributed by atoms with E-state index in [-0.39, 0.29) is 0 Å². The Balaban J connectivity index is 3.10. The third-order valence-corrected chi connectivity index (χ3v) is 2.33. The molecule has 1 rings (SSSR count). The highest BCUT2D eigenvalue weighted by Gasteiger charge is 2.05. The number of nitrogen functional groups attached to an aromatic ring is 1. The highest BCUT2D eigenvalue weighted by Crippen LogP contribution is 2.29. The first-order chi connectivity index (χ1) is 6.69. The van der Waals surface area contributed by atoms with Gasteiger partial charge in [0.05, 0.1) is 11.1 Å². The van der Waals surface area contributed by atoms with E-state index in [1.54, 1.807) is 19.3 Å². The Morgan fingerprint density at radius 2 is 2.29 bits per heavy atom. The summed E-state index contributed by atoms with van der Waals surface area (Å²) >= 11 is 3.41. The zero-order valence-electron chi connectivity index (χ0n) is 8.25. The first-order valence-corrected chi connectivity index (χ1v) is 5.12. The first-order valence-electron chi connectivity index (χ1n) is 4.33. The van der Waals surface area contributed by atoms with E-state index < -0.39 is 0 Å². The molecule has 0 saturated carbocycles. The SMILES string of the molecule is CCOc1cc(N)c(C=NC)cc1Br. The Bertz CT molecular complexity index is 350. The van der Waals surface area contributed by atoms with E-state index in [0.717, 1.165) is 15.8 Å². The van der Waals surface area contributed by atoms with Crippen LogP contribution in [0.5, 0.6) is 5.75 Å². The van der Waals surface area contributed by atoms with Crippen LogP contribution >= 0.6 is 15.9 Å². The third kappa shape index (κ3) is 2.48. The zero-order chi connectivity index (χ0) is 10.6. The van der Waals surface area contributed by atoms with Crippen LogP contribution < -0.4 is 10.5 Å². The molecule has 0 aromatic heterocycles. The lowest BCUT2D eigenvalue weighted by atomic mass is 10.2. The van der Waals surface area contributed by atoms with Gasteiger partial charge >= 0.3 is 0 Å². The van der Waals surface area contributed by atoms with Crippen LogP contribution in [0.4, 0.5) is 5.69 Å². The summed E-state index contributed by atoms with van der Waals surface area (Å²) in [6.07, 6.45) is 1.72. The smallest absolute Gasteiger partial charge is 0.135 e. The van der Waals surface area contributed by atoms with Gasteiger partial charge in [-0.05, 0) is 28.9 Å². The summed E-state index contributed by atoms with van der Waals surface area (Å²) in [5.41, 5.74) is 7.37. The first kappa shape index (κ1) is 11.0.